The van der Waals surface area contributed by atoms with Crippen molar-refractivity contribution in [2.75, 3.05) is 16.3 Å². The van der Waals surface area contributed by atoms with E-state index in [0.29, 0.717) is 0 Å². The van der Waals surface area contributed by atoms with E-state index in [0.717, 1.165) is 52.4 Å². The average Bonchev–Trinajstić information content (AvgIpc) is 3.27. The van der Waals surface area contributed by atoms with Crippen LogP contribution in [0.4, 0.5) is 22.7 Å². The molecular formula is C54H44N2. The maximum absolute atomic E-state index is 4.38. The lowest BCUT2D eigenvalue weighted by atomic mass is 9.97. The largest absolute Gasteiger partial charge is 0.341 e. The van der Waals surface area contributed by atoms with Gasteiger partial charge in [0.25, 0.3) is 0 Å². The van der Waals surface area contributed by atoms with Gasteiger partial charge in [-0.15, -0.1) is 0 Å². The highest BCUT2D eigenvalue weighted by Crippen LogP contribution is 2.39. The standard InChI is InChI=1S/C54H44N2/c1-3-15-42(43-17-7-4-8-18-43)37-39-55(50-30-23-46(24-31-50)44-19-9-5-10-20-44)51-32-25-47(26-33-51)48-27-34-52(35-28-48)56-38-14-13-16-41(2)53-36-29-49(40-54(53)56)45-21-11-6-12-22-45/h3-36,38,40H,1-2,37,39H2/b16-13-,38-14-,42-15+. The number of anilines is 4. The van der Waals surface area contributed by atoms with E-state index >= 15 is 0 Å². The molecule has 0 fully saturated rings. The van der Waals surface area contributed by atoms with E-state index < -0.39 is 0 Å². The molecule has 270 valence electrons. The number of hydrogen-bond acceptors (Lipinski definition) is 2. The molecule has 0 saturated heterocycles. The molecule has 0 saturated carbocycles. The molecule has 0 atom stereocenters. The van der Waals surface area contributed by atoms with Crippen molar-refractivity contribution in [2.24, 2.45) is 0 Å². The average molecular weight is 721 g/mol. The Morgan fingerprint density at radius 3 is 1.61 bits per heavy atom. The van der Waals surface area contributed by atoms with Crippen LogP contribution < -0.4 is 9.80 Å². The Bertz CT molecular complexity index is 2510. The summed E-state index contributed by atoms with van der Waals surface area (Å²) in [5.41, 5.74) is 16.2. The minimum absolute atomic E-state index is 0.811. The number of rotatable bonds is 11. The summed E-state index contributed by atoms with van der Waals surface area (Å²) in [4.78, 5) is 4.67. The molecule has 2 nitrogen and oxygen atoms in total. The van der Waals surface area contributed by atoms with Gasteiger partial charge in [-0.3, -0.25) is 0 Å². The van der Waals surface area contributed by atoms with Crippen LogP contribution in [-0.2, 0) is 0 Å². The van der Waals surface area contributed by atoms with Crippen LogP contribution in [0.1, 0.15) is 17.5 Å². The Hall–Kier alpha value is -7.16. The van der Waals surface area contributed by atoms with Crippen molar-refractivity contribution < 1.29 is 0 Å². The number of nitrogens with zero attached hydrogens (tertiary/aromatic N) is 2. The topological polar surface area (TPSA) is 6.48 Å². The van der Waals surface area contributed by atoms with Gasteiger partial charge in [0.2, 0.25) is 0 Å². The molecule has 0 amide bonds. The number of hydrogen-bond donors (Lipinski definition) is 0. The molecule has 1 heterocycles. The summed E-state index contributed by atoms with van der Waals surface area (Å²) in [7, 11) is 0. The van der Waals surface area contributed by atoms with Gasteiger partial charge in [0, 0.05) is 35.4 Å². The maximum atomic E-state index is 4.38. The van der Waals surface area contributed by atoms with Crippen molar-refractivity contribution in [3.05, 3.63) is 243 Å². The van der Waals surface area contributed by atoms with Gasteiger partial charge in [-0.25, -0.2) is 0 Å². The Kier molecular flexibility index (Phi) is 10.8. The normalized spacial score (nSPS) is 13.6. The zero-order chi connectivity index (χ0) is 38.1. The van der Waals surface area contributed by atoms with Gasteiger partial charge in [0.05, 0.1) is 5.69 Å². The summed E-state index contributed by atoms with van der Waals surface area (Å²) in [6.07, 6.45) is 13.2. The fourth-order valence-corrected chi connectivity index (χ4v) is 7.39. The second-order valence-corrected chi connectivity index (χ2v) is 13.9. The fourth-order valence-electron chi connectivity index (χ4n) is 7.39. The van der Waals surface area contributed by atoms with Gasteiger partial charge in [0.1, 0.15) is 0 Å². The molecule has 0 unspecified atom stereocenters. The lowest BCUT2D eigenvalue weighted by Crippen LogP contribution is -2.18. The van der Waals surface area contributed by atoms with Crippen LogP contribution in [0.3, 0.4) is 0 Å². The molecule has 8 rings (SSSR count). The molecule has 0 radical (unpaired) electrons. The summed E-state index contributed by atoms with van der Waals surface area (Å²) >= 11 is 0. The second kappa shape index (κ2) is 16.9. The van der Waals surface area contributed by atoms with Crippen LogP contribution in [0.25, 0.3) is 44.5 Å². The minimum Gasteiger partial charge on any atom is -0.341 e. The first-order chi connectivity index (χ1) is 27.6. The second-order valence-electron chi connectivity index (χ2n) is 13.9. The number of allylic oxidation sites excluding steroid dienone is 6. The highest BCUT2D eigenvalue weighted by Gasteiger charge is 2.17. The van der Waals surface area contributed by atoms with Gasteiger partial charge < -0.3 is 9.80 Å². The number of fused-ring (bicyclic) bond motifs is 1. The lowest BCUT2D eigenvalue weighted by Gasteiger charge is -2.27. The maximum Gasteiger partial charge on any atom is 0.0539 e. The zero-order valence-electron chi connectivity index (χ0n) is 31.5. The molecular weight excluding hydrogens is 677 g/mol. The van der Waals surface area contributed by atoms with Crippen molar-refractivity contribution in [2.45, 2.75) is 6.42 Å². The quantitative estimate of drug-likeness (QED) is 0.123. The first kappa shape index (κ1) is 35.8. The molecule has 0 spiro atoms. The summed E-state index contributed by atoms with van der Waals surface area (Å²) in [5, 5.41) is 0. The van der Waals surface area contributed by atoms with Gasteiger partial charge in [-0.2, -0.15) is 0 Å². The van der Waals surface area contributed by atoms with Gasteiger partial charge in [-0.1, -0.05) is 177 Å². The van der Waals surface area contributed by atoms with E-state index in [1.54, 1.807) is 0 Å². The Labute approximate surface area is 331 Å². The molecule has 56 heavy (non-hydrogen) atoms. The van der Waals surface area contributed by atoms with Crippen LogP contribution in [0.2, 0.25) is 0 Å². The predicted molar refractivity (Wildman–Crippen MR) is 241 cm³/mol. The van der Waals surface area contributed by atoms with E-state index in [1.165, 1.54) is 39.0 Å². The molecule has 0 bridgehead atoms. The van der Waals surface area contributed by atoms with E-state index in [4.69, 9.17) is 0 Å². The molecule has 7 aromatic carbocycles. The Morgan fingerprint density at radius 2 is 1.04 bits per heavy atom. The molecule has 1 aliphatic rings. The van der Waals surface area contributed by atoms with E-state index in [1.807, 2.05) is 6.08 Å². The Balaban J connectivity index is 1.08. The van der Waals surface area contributed by atoms with Crippen LogP contribution >= 0.6 is 0 Å². The third-order valence-electron chi connectivity index (χ3n) is 10.4. The van der Waals surface area contributed by atoms with Crippen LogP contribution in [0.5, 0.6) is 0 Å². The highest BCUT2D eigenvalue weighted by molar-refractivity contribution is 5.88. The Morgan fingerprint density at radius 1 is 0.536 bits per heavy atom. The van der Waals surface area contributed by atoms with Gasteiger partial charge in [0.15, 0.2) is 0 Å². The summed E-state index contributed by atoms with van der Waals surface area (Å²) in [5.74, 6) is 0. The molecule has 0 aliphatic carbocycles. The monoisotopic (exact) mass is 720 g/mol. The van der Waals surface area contributed by atoms with Crippen molar-refractivity contribution >= 4 is 33.9 Å². The molecule has 2 heteroatoms. The van der Waals surface area contributed by atoms with E-state index in [-0.39, 0.29) is 0 Å². The smallest absolute Gasteiger partial charge is 0.0539 e. The third kappa shape index (κ3) is 8.01. The minimum atomic E-state index is 0.811. The van der Waals surface area contributed by atoms with Crippen molar-refractivity contribution in [3.8, 4) is 33.4 Å². The fraction of sp³-hybridized carbons (Fsp3) is 0.0370. The zero-order valence-corrected chi connectivity index (χ0v) is 31.5. The predicted octanol–water partition coefficient (Wildman–Crippen LogP) is 14.7. The first-order valence-corrected chi connectivity index (χ1v) is 19.2. The van der Waals surface area contributed by atoms with Gasteiger partial charge in [-0.05, 0) is 105 Å². The van der Waals surface area contributed by atoms with Crippen LogP contribution in [-0.4, -0.2) is 6.54 Å². The SMILES string of the molecule is C=C/C=C(\CCN(c1ccc(-c2ccccc2)cc1)c1ccc(-c2ccc(N3/C=C\C=C/C(=C)c4ccc(-c5ccccc5)cc43)cc2)cc1)c1ccccc1. The van der Waals surface area contributed by atoms with E-state index in [2.05, 4.69) is 235 Å². The molecule has 1 aliphatic heterocycles. The van der Waals surface area contributed by atoms with Crippen molar-refractivity contribution in [1.82, 2.24) is 0 Å². The first-order valence-electron chi connectivity index (χ1n) is 19.2. The third-order valence-corrected chi connectivity index (χ3v) is 10.4. The number of benzene rings is 7. The summed E-state index contributed by atoms with van der Waals surface area (Å²) in [6.45, 7) is 9.20. The summed E-state index contributed by atoms with van der Waals surface area (Å²) < 4.78 is 0. The molecule has 0 aromatic heterocycles. The van der Waals surface area contributed by atoms with Crippen molar-refractivity contribution in [1.29, 1.82) is 0 Å². The molecule has 7 aromatic rings. The summed E-state index contributed by atoms with van der Waals surface area (Å²) in [6, 6.07) is 65.0. The van der Waals surface area contributed by atoms with Crippen molar-refractivity contribution in [3.63, 3.8) is 0 Å². The van der Waals surface area contributed by atoms with Crippen LogP contribution in [0, 0.1) is 0 Å². The molecule has 0 N–H and O–H groups in total. The van der Waals surface area contributed by atoms with E-state index in [9.17, 15) is 0 Å². The highest BCUT2D eigenvalue weighted by atomic mass is 15.1. The van der Waals surface area contributed by atoms with Crippen LogP contribution in [0.15, 0.2) is 232 Å². The van der Waals surface area contributed by atoms with Gasteiger partial charge >= 0.3 is 0 Å². The lowest BCUT2D eigenvalue weighted by molar-refractivity contribution is 0.951.